The molecule has 0 radical (unpaired) electrons. The van der Waals surface area contributed by atoms with Crippen LogP contribution in [0.5, 0.6) is 0 Å². The number of hydrogen-bond donors (Lipinski definition) is 1. The molecule has 1 saturated heterocycles. The summed E-state index contributed by atoms with van der Waals surface area (Å²) in [6.45, 7) is 3.80. The molecule has 16 heavy (non-hydrogen) atoms. The first-order chi connectivity index (χ1) is 7.54. The fraction of sp³-hybridized carbons (Fsp3) is 0.818. The highest BCUT2D eigenvalue weighted by Gasteiger charge is 2.28. The fourth-order valence-corrected chi connectivity index (χ4v) is 2.01. The van der Waals surface area contributed by atoms with Gasteiger partial charge in [0.25, 0.3) is 0 Å². The van der Waals surface area contributed by atoms with Gasteiger partial charge in [0.1, 0.15) is 0 Å². The van der Waals surface area contributed by atoms with Gasteiger partial charge in [0, 0.05) is 19.6 Å². The Balaban J connectivity index is 2.46. The second kappa shape index (κ2) is 5.84. The van der Waals surface area contributed by atoms with Crippen LogP contribution in [0.4, 0.5) is 0 Å². The molecule has 1 rings (SSSR count). The average Bonchev–Trinajstić information content (AvgIpc) is 2.63. The van der Waals surface area contributed by atoms with Crippen LogP contribution < -0.4 is 0 Å². The van der Waals surface area contributed by atoms with Crippen LogP contribution in [0.25, 0.3) is 0 Å². The molecular weight excluding hydrogens is 208 g/mol. The van der Waals surface area contributed by atoms with Gasteiger partial charge < -0.3 is 10.0 Å². The number of amides is 1. The molecule has 1 atom stereocenters. The van der Waals surface area contributed by atoms with E-state index in [1.165, 1.54) is 0 Å². The number of carbonyl (C=O) groups is 2. The minimum absolute atomic E-state index is 0.0340. The molecule has 1 aliphatic rings. The number of carboxylic acid groups (broad SMARTS) is 1. The SMILES string of the molecule is CCN(C)C(=O)CN1CCCC1CC(=O)O. The maximum absolute atomic E-state index is 11.7. The molecule has 0 aromatic carbocycles. The summed E-state index contributed by atoms with van der Waals surface area (Å²) in [6.07, 6.45) is 2.01. The van der Waals surface area contributed by atoms with Gasteiger partial charge in [0.15, 0.2) is 0 Å². The lowest BCUT2D eigenvalue weighted by atomic mass is 10.1. The predicted octanol–water partition coefficient (Wildman–Crippen LogP) is 0.404. The molecule has 1 fully saturated rings. The highest BCUT2D eigenvalue weighted by Crippen LogP contribution is 2.19. The number of likely N-dealkylation sites (tertiary alicyclic amines) is 1. The maximum atomic E-state index is 11.7. The Bertz CT molecular complexity index is 268. The third-order valence-corrected chi connectivity index (χ3v) is 3.15. The molecule has 1 amide bonds. The molecule has 0 spiro atoms. The van der Waals surface area contributed by atoms with Crippen LogP contribution in [0.3, 0.4) is 0 Å². The maximum Gasteiger partial charge on any atom is 0.304 e. The van der Waals surface area contributed by atoms with Gasteiger partial charge in [0.05, 0.1) is 13.0 Å². The van der Waals surface area contributed by atoms with Crippen molar-refractivity contribution in [2.45, 2.75) is 32.2 Å². The van der Waals surface area contributed by atoms with Gasteiger partial charge in [-0.3, -0.25) is 14.5 Å². The quantitative estimate of drug-likeness (QED) is 0.740. The summed E-state index contributed by atoms with van der Waals surface area (Å²) in [5.41, 5.74) is 0. The number of rotatable bonds is 5. The van der Waals surface area contributed by atoms with Crippen molar-refractivity contribution in [2.24, 2.45) is 0 Å². The molecule has 0 saturated carbocycles. The van der Waals surface area contributed by atoms with E-state index in [1.54, 1.807) is 11.9 Å². The fourth-order valence-electron chi connectivity index (χ4n) is 2.01. The standard InChI is InChI=1S/C11H20N2O3/c1-3-12(2)10(14)8-13-6-4-5-9(13)7-11(15)16/h9H,3-8H2,1-2H3,(H,15,16). The molecule has 1 unspecified atom stereocenters. The van der Waals surface area contributed by atoms with Crippen molar-refractivity contribution in [1.29, 1.82) is 0 Å². The summed E-state index contributed by atoms with van der Waals surface area (Å²) in [4.78, 5) is 26.0. The Kier molecular flexibility index (Phi) is 4.73. The molecule has 1 N–H and O–H groups in total. The number of likely N-dealkylation sites (N-methyl/N-ethyl adjacent to an activating group) is 1. The van der Waals surface area contributed by atoms with Crippen molar-refractivity contribution in [1.82, 2.24) is 9.80 Å². The van der Waals surface area contributed by atoms with E-state index in [2.05, 4.69) is 0 Å². The van der Waals surface area contributed by atoms with Crippen LogP contribution in [-0.4, -0.2) is 59.5 Å². The smallest absolute Gasteiger partial charge is 0.304 e. The van der Waals surface area contributed by atoms with Gasteiger partial charge in [0.2, 0.25) is 5.91 Å². The first kappa shape index (κ1) is 13.0. The molecule has 1 aliphatic heterocycles. The van der Waals surface area contributed by atoms with Crippen LogP contribution in [0.2, 0.25) is 0 Å². The Morgan fingerprint density at radius 1 is 1.50 bits per heavy atom. The average molecular weight is 228 g/mol. The molecule has 5 nitrogen and oxygen atoms in total. The predicted molar refractivity (Wildman–Crippen MR) is 60.2 cm³/mol. The van der Waals surface area contributed by atoms with Gasteiger partial charge in [-0.1, -0.05) is 0 Å². The molecule has 0 aliphatic carbocycles. The van der Waals surface area contributed by atoms with E-state index in [9.17, 15) is 9.59 Å². The van der Waals surface area contributed by atoms with E-state index in [1.807, 2.05) is 11.8 Å². The first-order valence-electron chi connectivity index (χ1n) is 5.74. The van der Waals surface area contributed by atoms with Gasteiger partial charge in [-0.15, -0.1) is 0 Å². The minimum atomic E-state index is -0.784. The second-order valence-electron chi connectivity index (χ2n) is 4.27. The summed E-state index contributed by atoms with van der Waals surface area (Å²) in [6, 6.07) is 0.0340. The van der Waals surface area contributed by atoms with Gasteiger partial charge in [-0.05, 0) is 26.3 Å². The largest absolute Gasteiger partial charge is 0.481 e. The lowest BCUT2D eigenvalue weighted by Crippen LogP contribution is -2.41. The van der Waals surface area contributed by atoms with Crippen molar-refractivity contribution in [2.75, 3.05) is 26.7 Å². The third kappa shape index (κ3) is 3.48. The van der Waals surface area contributed by atoms with Crippen molar-refractivity contribution in [3.63, 3.8) is 0 Å². The van der Waals surface area contributed by atoms with Crippen molar-refractivity contribution in [3.05, 3.63) is 0 Å². The van der Waals surface area contributed by atoms with Crippen LogP contribution in [0, 0.1) is 0 Å². The van der Waals surface area contributed by atoms with Gasteiger partial charge in [-0.25, -0.2) is 0 Å². The zero-order valence-corrected chi connectivity index (χ0v) is 9.98. The topological polar surface area (TPSA) is 60.9 Å². The van der Waals surface area contributed by atoms with Gasteiger partial charge >= 0.3 is 5.97 Å². The number of carboxylic acids is 1. The molecule has 92 valence electrons. The van der Waals surface area contributed by atoms with Crippen molar-refractivity contribution >= 4 is 11.9 Å². The summed E-state index contributed by atoms with van der Waals surface area (Å²) in [7, 11) is 1.77. The van der Waals surface area contributed by atoms with E-state index >= 15 is 0 Å². The van der Waals surface area contributed by atoms with Crippen molar-refractivity contribution in [3.8, 4) is 0 Å². The summed E-state index contributed by atoms with van der Waals surface area (Å²) in [5, 5.41) is 8.76. The van der Waals surface area contributed by atoms with Crippen LogP contribution in [-0.2, 0) is 9.59 Å². The van der Waals surface area contributed by atoms with Crippen LogP contribution in [0.1, 0.15) is 26.2 Å². The second-order valence-corrected chi connectivity index (χ2v) is 4.27. The highest BCUT2D eigenvalue weighted by molar-refractivity contribution is 5.78. The number of hydrogen-bond acceptors (Lipinski definition) is 3. The Morgan fingerprint density at radius 3 is 2.75 bits per heavy atom. The zero-order valence-electron chi connectivity index (χ0n) is 9.98. The summed E-state index contributed by atoms with van der Waals surface area (Å²) < 4.78 is 0. The van der Waals surface area contributed by atoms with Gasteiger partial charge in [-0.2, -0.15) is 0 Å². The Hall–Kier alpha value is -1.10. The third-order valence-electron chi connectivity index (χ3n) is 3.15. The molecule has 0 aromatic rings. The van der Waals surface area contributed by atoms with E-state index < -0.39 is 5.97 Å². The van der Waals surface area contributed by atoms with E-state index in [0.29, 0.717) is 13.1 Å². The highest BCUT2D eigenvalue weighted by atomic mass is 16.4. The lowest BCUT2D eigenvalue weighted by molar-refractivity contribution is -0.139. The zero-order chi connectivity index (χ0) is 12.1. The summed E-state index contributed by atoms with van der Waals surface area (Å²) >= 11 is 0. The van der Waals surface area contributed by atoms with E-state index in [0.717, 1.165) is 19.4 Å². The molecule has 1 heterocycles. The Morgan fingerprint density at radius 2 is 2.19 bits per heavy atom. The molecule has 5 heteroatoms. The number of carbonyl (C=O) groups excluding carboxylic acids is 1. The lowest BCUT2D eigenvalue weighted by Gasteiger charge is -2.25. The molecule has 0 bridgehead atoms. The van der Waals surface area contributed by atoms with Crippen LogP contribution >= 0.6 is 0 Å². The van der Waals surface area contributed by atoms with Crippen molar-refractivity contribution < 1.29 is 14.7 Å². The molecular formula is C11H20N2O3. The molecule has 0 aromatic heterocycles. The minimum Gasteiger partial charge on any atom is -0.481 e. The number of aliphatic carboxylic acids is 1. The normalized spacial score (nSPS) is 21.0. The monoisotopic (exact) mass is 228 g/mol. The van der Waals surface area contributed by atoms with Crippen LogP contribution in [0.15, 0.2) is 0 Å². The summed E-state index contributed by atoms with van der Waals surface area (Å²) in [5.74, 6) is -0.715. The number of nitrogens with zero attached hydrogens (tertiary/aromatic N) is 2. The van der Waals surface area contributed by atoms with E-state index in [4.69, 9.17) is 5.11 Å². The first-order valence-corrected chi connectivity index (χ1v) is 5.74. The van der Waals surface area contributed by atoms with E-state index in [-0.39, 0.29) is 18.4 Å². The Labute approximate surface area is 96.0 Å².